The van der Waals surface area contributed by atoms with E-state index in [1.54, 1.807) is 39.8 Å². The smallest absolute Gasteiger partial charge is 0.410 e. The number of benzene rings is 1. The number of anilines is 1. The van der Waals surface area contributed by atoms with E-state index >= 15 is 0 Å². The molecule has 12 heteroatoms. The monoisotopic (exact) mass is 601 g/mol. The van der Waals surface area contributed by atoms with Crippen LogP contribution in [-0.4, -0.2) is 76.4 Å². The first-order valence-corrected chi connectivity index (χ1v) is 15.2. The Morgan fingerprint density at radius 2 is 1.79 bits per heavy atom. The van der Waals surface area contributed by atoms with Crippen LogP contribution in [0.2, 0.25) is 0 Å². The zero-order valence-corrected chi connectivity index (χ0v) is 25.7. The first kappa shape index (κ1) is 31.4. The molecule has 228 valence electrons. The largest absolute Gasteiger partial charge is 0.444 e. The number of carbonyl (C=O) groups excluding carboxylic acids is 4. The van der Waals surface area contributed by atoms with E-state index in [-0.39, 0.29) is 30.0 Å². The van der Waals surface area contributed by atoms with Crippen LogP contribution in [0.3, 0.4) is 0 Å². The topological polar surface area (TPSA) is 121 Å². The number of aromatic nitrogens is 1. The van der Waals surface area contributed by atoms with Gasteiger partial charge in [0.2, 0.25) is 5.91 Å². The van der Waals surface area contributed by atoms with Gasteiger partial charge in [0.1, 0.15) is 11.4 Å². The number of hydrogen-bond donors (Lipinski definition) is 2. The molecule has 3 atom stereocenters. The highest BCUT2D eigenvalue weighted by Crippen LogP contribution is 2.27. The molecule has 4 amide bonds. The number of nitrogens with zero attached hydrogens (tertiary/aromatic N) is 3. The molecule has 2 aliphatic rings. The van der Waals surface area contributed by atoms with Crippen LogP contribution in [-0.2, 0) is 16.0 Å². The average Bonchev–Trinajstić information content (AvgIpc) is 3.28. The Balaban J connectivity index is 1.47. The van der Waals surface area contributed by atoms with Gasteiger partial charge in [-0.3, -0.25) is 14.9 Å². The molecule has 0 aliphatic carbocycles. The number of carbonyl (C=O) groups is 4. The van der Waals surface area contributed by atoms with E-state index in [1.165, 1.54) is 24.0 Å². The lowest BCUT2D eigenvalue weighted by Gasteiger charge is -2.42. The second-order valence-corrected chi connectivity index (χ2v) is 13.1. The molecule has 0 radical (unpaired) electrons. The van der Waals surface area contributed by atoms with Gasteiger partial charge in [-0.2, -0.15) is 0 Å². The molecule has 0 bridgehead atoms. The number of ketones is 1. The van der Waals surface area contributed by atoms with Crippen molar-refractivity contribution in [2.45, 2.75) is 71.9 Å². The molecule has 1 unspecified atom stereocenters. The van der Waals surface area contributed by atoms with Crippen molar-refractivity contribution in [3.8, 4) is 0 Å². The van der Waals surface area contributed by atoms with Crippen molar-refractivity contribution >= 4 is 40.3 Å². The Labute approximate surface area is 250 Å². The Bertz CT molecular complexity index is 1310. The van der Waals surface area contributed by atoms with Crippen LogP contribution in [0.1, 0.15) is 67.9 Å². The number of hydrogen-bond acceptors (Lipinski definition) is 7. The molecule has 2 saturated heterocycles. The van der Waals surface area contributed by atoms with Crippen molar-refractivity contribution in [1.82, 2.24) is 20.1 Å². The van der Waals surface area contributed by atoms with E-state index in [0.717, 1.165) is 36.2 Å². The lowest BCUT2D eigenvalue weighted by atomic mass is 9.87. The maximum atomic E-state index is 14.0. The molecular weight excluding hydrogens is 561 g/mol. The molecular formula is C30H40FN5O5S. The summed E-state index contributed by atoms with van der Waals surface area (Å²) in [5.41, 5.74) is 0.879. The van der Waals surface area contributed by atoms with Crippen LogP contribution in [0.25, 0.3) is 0 Å². The molecule has 0 spiro atoms. The zero-order chi connectivity index (χ0) is 30.6. The number of thiazole rings is 1. The van der Waals surface area contributed by atoms with E-state index in [2.05, 4.69) is 15.6 Å². The van der Waals surface area contributed by atoms with E-state index < -0.39 is 29.7 Å². The summed E-state index contributed by atoms with van der Waals surface area (Å²) in [4.78, 5) is 59.8. The van der Waals surface area contributed by atoms with E-state index in [4.69, 9.17) is 4.74 Å². The highest BCUT2D eigenvalue weighted by Gasteiger charge is 2.41. The van der Waals surface area contributed by atoms with Gasteiger partial charge in [-0.15, -0.1) is 0 Å². The predicted octanol–water partition coefficient (Wildman–Crippen LogP) is 5.02. The Morgan fingerprint density at radius 3 is 2.43 bits per heavy atom. The van der Waals surface area contributed by atoms with Gasteiger partial charge in [0.05, 0.1) is 16.5 Å². The molecule has 2 aliphatic heterocycles. The van der Waals surface area contributed by atoms with Gasteiger partial charge in [-0.1, -0.05) is 23.5 Å². The number of urea groups is 1. The summed E-state index contributed by atoms with van der Waals surface area (Å²) in [5.74, 6) is -0.985. The molecule has 10 nitrogen and oxygen atoms in total. The van der Waals surface area contributed by atoms with Crippen molar-refractivity contribution < 1.29 is 28.3 Å². The molecule has 0 saturated carbocycles. The minimum Gasteiger partial charge on any atom is -0.444 e. The Kier molecular flexibility index (Phi) is 9.85. The highest BCUT2D eigenvalue weighted by molar-refractivity contribution is 7.17. The molecule has 3 heterocycles. The fourth-order valence-corrected chi connectivity index (χ4v) is 6.42. The van der Waals surface area contributed by atoms with Crippen molar-refractivity contribution in [2.24, 2.45) is 11.8 Å². The van der Waals surface area contributed by atoms with E-state index in [9.17, 15) is 23.6 Å². The van der Waals surface area contributed by atoms with Gasteiger partial charge < -0.3 is 19.9 Å². The maximum absolute atomic E-state index is 14.0. The number of Topliss-reactive ketones (excluding diaryl/α,β-unsaturated/α-hetero) is 1. The summed E-state index contributed by atoms with van der Waals surface area (Å²) in [6.07, 6.45) is 2.39. The number of halogens is 1. The highest BCUT2D eigenvalue weighted by atomic mass is 32.1. The SMILES string of the molecule is CC(=O)c1sc(NC(=O)N[C@@H]2CCN(C(=O)OC(C)(C)C)C[C@H]2C(=O)N2CCCC(Cc3ccc(F)cc3)C2)nc1C. The standard InChI is InChI=1S/C30H40FN5O5S/c1-18-25(19(2)37)42-28(32-18)34-27(39)33-24-12-14-36(29(40)41-30(3,4)5)17-23(24)26(38)35-13-6-7-21(16-35)15-20-8-10-22(31)11-9-20/h8-11,21,23-24H,6-7,12-17H2,1-5H3,(H2,32,33,34,39)/t21?,23-,24-/m1/s1. The van der Waals surface area contributed by atoms with Crippen LogP contribution in [0, 0.1) is 24.6 Å². The summed E-state index contributed by atoms with van der Waals surface area (Å²) in [7, 11) is 0. The first-order valence-electron chi connectivity index (χ1n) is 14.4. The molecule has 2 aromatic rings. The average molecular weight is 602 g/mol. The number of ether oxygens (including phenoxy) is 1. The third kappa shape index (κ3) is 8.27. The minimum atomic E-state index is -0.684. The second-order valence-electron chi connectivity index (χ2n) is 12.1. The number of piperidine rings is 2. The fourth-order valence-electron chi connectivity index (χ4n) is 5.57. The number of nitrogens with one attached hydrogen (secondary N) is 2. The van der Waals surface area contributed by atoms with Crippen LogP contribution in [0.4, 0.5) is 19.1 Å². The lowest BCUT2D eigenvalue weighted by molar-refractivity contribution is -0.140. The third-order valence-corrected chi connectivity index (χ3v) is 8.68. The number of amides is 4. The van der Waals surface area contributed by atoms with Gasteiger partial charge in [0, 0.05) is 39.1 Å². The summed E-state index contributed by atoms with van der Waals surface area (Å²) in [6.45, 7) is 10.1. The van der Waals surface area contributed by atoms with Gasteiger partial charge in [-0.25, -0.2) is 19.0 Å². The van der Waals surface area contributed by atoms with Gasteiger partial charge >= 0.3 is 12.1 Å². The molecule has 42 heavy (non-hydrogen) atoms. The number of likely N-dealkylation sites (tertiary alicyclic amines) is 2. The summed E-state index contributed by atoms with van der Waals surface area (Å²) >= 11 is 1.10. The summed E-state index contributed by atoms with van der Waals surface area (Å²) in [5, 5.41) is 5.92. The minimum absolute atomic E-state index is 0.114. The Morgan fingerprint density at radius 1 is 1.07 bits per heavy atom. The molecule has 1 aromatic heterocycles. The maximum Gasteiger partial charge on any atom is 0.410 e. The van der Waals surface area contributed by atoms with Crippen LogP contribution in [0.5, 0.6) is 0 Å². The number of rotatable bonds is 6. The predicted molar refractivity (Wildman–Crippen MR) is 158 cm³/mol. The summed E-state index contributed by atoms with van der Waals surface area (Å²) in [6, 6.07) is 5.39. The van der Waals surface area contributed by atoms with E-state index in [0.29, 0.717) is 41.8 Å². The zero-order valence-electron chi connectivity index (χ0n) is 24.9. The lowest BCUT2D eigenvalue weighted by Crippen LogP contribution is -2.59. The van der Waals surface area contributed by atoms with Gasteiger partial charge in [0.25, 0.3) is 0 Å². The normalized spacial score (nSPS) is 21.0. The first-order chi connectivity index (χ1) is 19.8. The van der Waals surface area contributed by atoms with Gasteiger partial charge in [0.15, 0.2) is 10.9 Å². The van der Waals surface area contributed by atoms with Crippen LogP contribution < -0.4 is 10.6 Å². The number of aryl methyl sites for hydroxylation is 1. The molecule has 1 aromatic carbocycles. The van der Waals surface area contributed by atoms with E-state index in [1.807, 2.05) is 4.90 Å². The summed E-state index contributed by atoms with van der Waals surface area (Å²) < 4.78 is 18.9. The van der Waals surface area contributed by atoms with Crippen molar-refractivity contribution in [2.75, 3.05) is 31.5 Å². The Hall–Kier alpha value is -3.54. The van der Waals surface area contributed by atoms with Crippen molar-refractivity contribution in [1.29, 1.82) is 0 Å². The van der Waals surface area contributed by atoms with Crippen LogP contribution >= 0.6 is 11.3 Å². The molecule has 4 rings (SSSR count). The third-order valence-electron chi connectivity index (χ3n) is 7.50. The molecule has 2 fully saturated rings. The van der Waals surface area contributed by atoms with Crippen LogP contribution in [0.15, 0.2) is 24.3 Å². The second kappa shape index (κ2) is 13.2. The quantitative estimate of drug-likeness (QED) is 0.449. The van der Waals surface area contributed by atoms with Crippen molar-refractivity contribution in [3.63, 3.8) is 0 Å². The van der Waals surface area contributed by atoms with Crippen molar-refractivity contribution in [3.05, 3.63) is 46.2 Å². The molecule has 2 N–H and O–H groups in total. The van der Waals surface area contributed by atoms with Gasteiger partial charge in [-0.05, 0) is 77.0 Å². The fraction of sp³-hybridized carbons (Fsp3) is 0.567.